The molecule has 5 heteroatoms. The van der Waals surface area contributed by atoms with Gasteiger partial charge in [0.05, 0.1) is 0 Å². The number of carbonyl (C=O) groups is 2. The molecule has 3 N–H and O–H groups in total. The SMILES string of the molecule is NCCCCCCC(=O)NC1CCN(C(=O)C2CCCCC2)C1. The fourth-order valence-corrected chi connectivity index (χ4v) is 3.77. The smallest absolute Gasteiger partial charge is 0.225 e. The van der Waals surface area contributed by atoms with Crippen molar-refractivity contribution in [2.45, 2.75) is 76.7 Å². The van der Waals surface area contributed by atoms with Crippen LogP contribution in [0.3, 0.4) is 0 Å². The number of nitrogens with two attached hydrogens (primary N) is 1. The van der Waals surface area contributed by atoms with Gasteiger partial charge in [0.2, 0.25) is 11.8 Å². The second-order valence-corrected chi connectivity index (χ2v) is 7.13. The Kier molecular flexibility index (Phi) is 7.86. The molecule has 2 rings (SSSR count). The topological polar surface area (TPSA) is 75.4 Å². The van der Waals surface area contributed by atoms with Crippen molar-refractivity contribution < 1.29 is 9.59 Å². The van der Waals surface area contributed by atoms with E-state index in [9.17, 15) is 9.59 Å². The maximum Gasteiger partial charge on any atom is 0.225 e. The van der Waals surface area contributed by atoms with Crippen LogP contribution in [0, 0.1) is 5.92 Å². The molecule has 0 aromatic heterocycles. The maximum atomic E-state index is 12.5. The quantitative estimate of drug-likeness (QED) is 0.672. The first-order chi connectivity index (χ1) is 11.2. The molecule has 0 bridgehead atoms. The first kappa shape index (κ1) is 18.2. The second kappa shape index (κ2) is 9.91. The fraction of sp³-hybridized carbons (Fsp3) is 0.889. The van der Waals surface area contributed by atoms with E-state index >= 15 is 0 Å². The van der Waals surface area contributed by atoms with Gasteiger partial charge in [-0.1, -0.05) is 32.1 Å². The summed E-state index contributed by atoms with van der Waals surface area (Å²) in [5, 5.41) is 3.10. The van der Waals surface area contributed by atoms with Gasteiger partial charge < -0.3 is 16.0 Å². The summed E-state index contributed by atoms with van der Waals surface area (Å²) in [6.45, 7) is 2.24. The molecule has 0 aromatic carbocycles. The van der Waals surface area contributed by atoms with Crippen molar-refractivity contribution in [2.24, 2.45) is 11.7 Å². The molecule has 1 heterocycles. The van der Waals surface area contributed by atoms with E-state index in [1.807, 2.05) is 4.90 Å². The summed E-state index contributed by atoms with van der Waals surface area (Å²) >= 11 is 0. The molecule has 1 aliphatic carbocycles. The minimum atomic E-state index is 0.134. The average Bonchev–Trinajstić information content (AvgIpc) is 3.03. The van der Waals surface area contributed by atoms with Crippen molar-refractivity contribution >= 4 is 11.8 Å². The highest BCUT2D eigenvalue weighted by Gasteiger charge is 2.31. The Hall–Kier alpha value is -1.10. The number of carbonyl (C=O) groups excluding carboxylic acids is 2. The van der Waals surface area contributed by atoms with Gasteiger partial charge in [-0.05, 0) is 38.6 Å². The zero-order valence-electron chi connectivity index (χ0n) is 14.4. The number of likely N-dealkylation sites (tertiary alicyclic amines) is 1. The van der Waals surface area contributed by atoms with Crippen molar-refractivity contribution in [3.05, 3.63) is 0 Å². The highest BCUT2D eigenvalue weighted by Crippen LogP contribution is 2.26. The van der Waals surface area contributed by atoms with Crippen molar-refractivity contribution in [2.75, 3.05) is 19.6 Å². The first-order valence-electron chi connectivity index (χ1n) is 9.49. The molecule has 23 heavy (non-hydrogen) atoms. The van der Waals surface area contributed by atoms with E-state index < -0.39 is 0 Å². The zero-order valence-corrected chi connectivity index (χ0v) is 14.4. The third kappa shape index (κ3) is 6.13. The number of amides is 2. The maximum absolute atomic E-state index is 12.5. The molecule has 5 nitrogen and oxygen atoms in total. The summed E-state index contributed by atoms with van der Waals surface area (Å²) in [4.78, 5) is 26.5. The molecule has 0 radical (unpaired) electrons. The van der Waals surface area contributed by atoms with Gasteiger partial charge in [-0.3, -0.25) is 9.59 Å². The molecule has 1 atom stereocenters. The Morgan fingerprint density at radius 1 is 1.00 bits per heavy atom. The number of rotatable bonds is 8. The molecular formula is C18H33N3O2. The zero-order chi connectivity index (χ0) is 16.5. The monoisotopic (exact) mass is 323 g/mol. The van der Waals surface area contributed by atoms with Crippen LogP contribution in [0.5, 0.6) is 0 Å². The predicted molar refractivity (Wildman–Crippen MR) is 91.8 cm³/mol. The van der Waals surface area contributed by atoms with Crippen molar-refractivity contribution in [3.8, 4) is 0 Å². The van der Waals surface area contributed by atoms with E-state index in [1.54, 1.807) is 0 Å². The lowest BCUT2D eigenvalue weighted by Crippen LogP contribution is -2.40. The number of nitrogens with zero attached hydrogens (tertiary/aromatic N) is 1. The number of hydrogen-bond acceptors (Lipinski definition) is 3. The molecule has 0 aromatic rings. The van der Waals surface area contributed by atoms with E-state index in [0.29, 0.717) is 18.9 Å². The van der Waals surface area contributed by atoms with Crippen LogP contribution in [-0.4, -0.2) is 42.4 Å². The molecular weight excluding hydrogens is 290 g/mol. The Balaban J connectivity index is 1.62. The molecule has 132 valence electrons. The van der Waals surface area contributed by atoms with Gasteiger partial charge >= 0.3 is 0 Å². The minimum absolute atomic E-state index is 0.134. The van der Waals surface area contributed by atoms with Crippen LogP contribution in [0.1, 0.15) is 70.6 Å². The van der Waals surface area contributed by atoms with Crippen LogP contribution in [0.4, 0.5) is 0 Å². The van der Waals surface area contributed by atoms with Gasteiger partial charge in [0.1, 0.15) is 0 Å². The lowest BCUT2D eigenvalue weighted by atomic mass is 9.88. The van der Waals surface area contributed by atoms with Crippen LogP contribution >= 0.6 is 0 Å². The summed E-state index contributed by atoms with van der Waals surface area (Å²) in [5.74, 6) is 0.693. The molecule has 1 saturated heterocycles. The van der Waals surface area contributed by atoms with Gasteiger partial charge in [-0.15, -0.1) is 0 Å². The third-order valence-electron chi connectivity index (χ3n) is 5.18. The van der Waals surface area contributed by atoms with Crippen LogP contribution in [0.2, 0.25) is 0 Å². The normalized spacial score (nSPS) is 22.3. The average molecular weight is 323 g/mol. The first-order valence-corrected chi connectivity index (χ1v) is 9.49. The predicted octanol–water partition coefficient (Wildman–Crippen LogP) is 2.19. The van der Waals surface area contributed by atoms with Crippen LogP contribution < -0.4 is 11.1 Å². The van der Waals surface area contributed by atoms with Gasteiger partial charge in [-0.2, -0.15) is 0 Å². The van der Waals surface area contributed by atoms with Crippen LogP contribution in [0.25, 0.3) is 0 Å². The summed E-state index contributed by atoms with van der Waals surface area (Å²) in [7, 11) is 0. The fourth-order valence-electron chi connectivity index (χ4n) is 3.77. The number of unbranched alkanes of at least 4 members (excludes halogenated alkanes) is 3. The Bertz CT molecular complexity index is 380. The highest BCUT2D eigenvalue weighted by atomic mass is 16.2. The van der Waals surface area contributed by atoms with Gasteiger partial charge in [0.15, 0.2) is 0 Å². The van der Waals surface area contributed by atoms with E-state index in [0.717, 1.165) is 58.0 Å². The van der Waals surface area contributed by atoms with Crippen molar-refractivity contribution in [3.63, 3.8) is 0 Å². The van der Waals surface area contributed by atoms with Crippen molar-refractivity contribution in [1.82, 2.24) is 10.2 Å². The minimum Gasteiger partial charge on any atom is -0.352 e. The van der Waals surface area contributed by atoms with Crippen LogP contribution in [-0.2, 0) is 9.59 Å². The Morgan fingerprint density at radius 3 is 2.48 bits per heavy atom. The van der Waals surface area contributed by atoms with Gasteiger partial charge in [0, 0.05) is 31.5 Å². The molecule has 2 fully saturated rings. The van der Waals surface area contributed by atoms with E-state index in [2.05, 4.69) is 5.32 Å². The molecule has 1 unspecified atom stereocenters. The summed E-state index contributed by atoms with van der Waals surface area (Å²) in [6.07, 6.45) is 11.4. The summed E-state index contributed by atoms with van der Waals surface area (Å²) in [6, 6.07) is 0.152. The van der Waals surface area contributed by atoms with E-state index in [1.165, 1.54) is 19.3 Å². The number of nitrogens with one attached hydrogen (secondary N) is 1. The lowest BCUT2D eigenvalue weighted by Gasteiger charge is -2.26. The summed E-state index contributed by atoms with van der Waals surface area (Å²) in [5.41, 5.74) is 5.46. The molecule has 1 aliphatic heterocycles. The molecule has 2 amide bonds. The molecule has 2 aliphatic rings. The van der Waals surface area contributed by atoms with Crippen molar-refractivity contribution in [1.29, 1.82) is 0 Å². The van der Waals surface area contributed by atoms with E-state index in [-0.39, 0.29) is 17.9 Å². The second-order valence-electron chi connectivity index (χ2n) is 7.13. The molecule has 0 spiro atoms. The standard InChI is InChI=1S/C18H33N3O2/c19-12-7-2-1-6-10-17(22)20-16-11-13-21(14-16)18(23)15-8-4-3-5-9-15/h15-16H,1-14,19H2,(H,20,22). The molecule has 1 saturated carbocycles. The lowest BCUT2D eigenvalue weighted by molar-refractivity contribution is -0.135. The van der Waals surface area contributed by atoms with Gasteiger partial charge in [0.25, 0.3) is 0 Å². The number of hydrogen-bond donors (Lipinski definition) is 2. The largest absolute Gasteiger partial charge is 0.352 e. The Labute approximate surface area is 140 Å². The summed E-state index contributed by atoms with van der Waals surface area (Å²) < 4.78 is 0. The third-order valence-corrected chi connectivity index (χ3v) is 5.18. The van der Waals surface area contributed by atoms with Gasteiger partial charge in [-0.25, -0.2) is 0 Å². The Morgan fingerprint density at radius 2 is 1.74 bits per heavy atom. The highest BCUT2D eigenvalue weighted by molar-refractivity contribution is 5.80. The van der Waals surface area contributed by atoms with Crippen LogP contribution in [0.15, 0.2) is 0 Å². The van der Waals surface area contributed by atoms with E-state index in [4.69, 9.17) is 5.73 Å².